The van der Waals surface area contributed by atoms with Crippen LogP contribution in [-0.2, 0) is 4.79 Å². The molecule has 76 valence electrons. The van der Waals surface area contributed by atoms with E-state index in [1.54, 1.807) is 31.7 Å². The Hall–Kier alpha value is -1.49. The highest BCUT2D eigenvalue weighted by molar-refractivity contribution is 8.00. The molecule has 0 aromatic carbocycles. The summed E-state index contributed by atoms with van der Waals surface area (Å²) >= 11 is 1.48. The Morgan fingerprint density at radius 3 is 2.87 bits per heavy atom. The van der Waals surface area contributed by atoms with Gasteiger partial charge in [0.15, 0.2) is 0 Å². The normalized spacial score (nSPS) is 10.5. The van der Waals surface area contributed by atoms with Crippen molar-refractivity contribution < 1.29 is 4.79 Å². The number of thioether (sulfide) groups is 1. The highest BCUT2D eigenvalue weighted by Gasteiger charge is 2.03. The molecule has 0 spiro atoms. The van der Waals surface area contributed by atoms with Crippen molar-refractivity contribution in [2.75, 3.05) is 5.75 Å². The SMILES string of the molecule is CC(=O)CSc1cncc2cnncc12. The fourth-order valence-corrected chi connectivity index (χ4v) is 2.01. The van der Waals surface area contributed by atoms with Gasteiger partial charge in [-0.1, -0.05) is 0 Å². The van der Waals surface area contributed by atoms with E-state index in [0.717, 1.165) is 15.7 Å². The summed E-state index contributed by atoms with van der Waals surface area (Å²) in [6.07, 6.45) is 6.85. The zero-order chi connectivity index (χ0) is 10.7. The Kier molecular flexibility index (Phi) is 2.91. The van der Waals surface area contributed by atoms with Gasteiger partial charge in [-0.3, -0.25) is 9.78 Å². The van der Waals surface area contributed by atoms with Gasteiger partial charge < -0.3 is 0 Å². The van der Waals surface area contributed by atoms with Crippen LogP contribution in [0.25, 0.3) is 10.8 Å². The van der Waals surface area contributed by atoms with E-state index in [2.05, 4.69) is 15.2 Å². The van der Waals surface area contributed by atoms with Gasteiger partial charge in [0.25, 0.3) is 0 Å². The zero-order valence-corrected chi connectivity index (χ0v) is 8.99. The molecule has 0 radical (unpaired) electrons. The Labute approximate surface area is 91.1 Å². The molecule has 0 aliphatic rings. The van der Waals surface area contributed by atoms with E-state index in [1.807, 2.05) is 0 Å². The minimum absolute atomic E-state index is 0.152. The second-order valence-corrected chi connectivity index (χ2v) is 4.14. The second-order valence-electron chi connectivity index (χ2n) is 3.12. The Morgan fingerprint density at radius 1 is 1.27 bits per heavy atom. The Bertz CT molecular complexity index is 495. The molecule has 2 rings (SSSR count). The van der Waals surface area contributed by atoms with E-state index in [9.17, 15) is 4.79 Å². The lowest BCUT2D eigenvalue weighted by Crippen LogP contribution is -1.93. The molecular weight excluding hydrogens is 210 g/mol. The van der Waals surface area contributed by atoms with Gasteiger partial charge in [-0.2, -0.15) is 10.2 Å². The van der Waals surface area contributed by atoms with Crippen LogP contribution in [-0.4, -0.2) is 26.7 Å². The average Bonchev–Trinajstić information content (AvgIpc) is 2.26. The Balaban J connectivity index is 2.38. The van der Waals surface area contributed by atoms with Crippen LogP contribution in [0.3, 0.4) is 0 Å². The van der Waals surface area contributed by atoms with E-state index in [-0.39, 0.29) is 5.78 Å². The molecule has 2 aromatic rings. The predicted molar refractivity (Wildman–Crippen MR) is 58.7 cm³/mol. The number of hydrogen-bond donors (Lipinski definition) is 0. The molecule has 0 aliphatic heterocycles. The molecule has 2 aromatic heterocycles. The molecule has 0 saturated heterocycles. The lowest BCUT2D eigenvalue weighted by Gasteiger charge is -2.02. The molecular formula is C10H9N3OS. The maximum atomic E-state index is 10.9. The predicted octanol–water partition coefficient (Wildman–Crippen LogP) is 1.71. The van der Waals surface area contributed by atoms with Crippen LogP contribution >= 0.6 is 11.8 Å². The van der Waals surface area contributed by atoms with Crippen LogP contribution in [0.15, 0.2) is 29.7 Å². The average molecular weight is 219 g/mol. The van der Waals surface area contributed by atoms with Gasteiger partial charge in [0.05, 0.1) is 18.1 Å². The lowest BCUT2D eigenvalue weighted by atomic mass is 10.3. The van der Waals surface area contributed by atoms with Gasteiger partial charge in [0.2, 0.25) is 0 Å². The van der Waals surface area contributed by atoms with Gasteiger partial charge in [-0.05, 0) is 6.92 Å². The molecule has 0 fully saturated rings. The third-order valence-corrected chi connectivity index (χ3v) is 3.05. The van der Waals surface area contributed by atoms with Crippen molar-refractivity contribution >= 4 is 28.3 Å². The molecule has 15 heavy (non-hydrogen) atoms. The van der Waals surface area contributed by atoms with E-state index < -0.39 is 0 Å². The van der Waals surface area contributed by atoms with Crippen molar-refractivity contribution in [3.05, 3.63) is 24.8 Å². The van der Waals surface area contributed by atoms with Crippen molar-refractivity contribution in [3.8, 4) is 0 Å². The quantitative estimate of drug-likeness (QED) is 0.735. The highest BCUT2D eigenvalue weighted by atomic mass is 32.2. The van der Waals surface area contributed by atoms with Crippen LogP contribution in [0.1, 0.15) is 6.92 Å². The van der Waals surface area contributed by atoms with E-state index >= 15 is 0 Å². The molecule has 0 aliphatic carbocycles. The Morgan fingerprint density at radius 2 is 2.07 bits per heavy atom. The van der Waals surface area contributed by atoms with Gasteiger partial charge in [-0.25, -0.2) is 0 Å². The van der Waals surface area contributed by atoms with Crippen LogP contribution in [0, 0.1) is 0 Å². The summed E-state index contributed by atoms with van der Waals surface area (Å²) in [5.41, 5.74) is 0. The number of nitrogens with zero attached hydrogens (tertiary/aromatic N) is 3. The van der Waals surface area contributed by atoms with Crippen molar-refractivity contribution in [1.82, 2.24) is 15.2 Å². The number of aromatic nitrogens is 3. The smallest absolute Gasteiger partial charge is 0.140 e. The summed E-state index contributed by atoms with van der Waals surface area (Å²) in [7, 11) is 0. The summed E-state index contributed by atoms with van der Waals surface area (Å²) < 4.78 is 0. The maximum absolute atomic E-state index is 10.9. The van der Waals surface area contributed by atoms with Gasteiger partial charge in [0.1, 0.15) is 5.78 Å². The molecule has 4 nitrogen and oxygen atoms in total. The van der Waals surface area contributed by atoms with Crippen LogP contribution < -0.4 is 0 Å². The molecule has 0 atom stereocenters. The summed E-state index contributed by atoms with van der Waals surface area (Å²) in [5.74, 6) is 0.613. The van der Waals surface area contributed by atoms with Crippen molar-refractivity contribution in [2.24, 2.45) is 0 Å². The first-order valence-electron chi connectivity index (χ1n) is 4.44. The molecule has 0 saturated carbocycles. The number of Topliss-reactive ketones (excluding diaryl/α,β-unsaturated/α-hetero) is 1. The minimum Gasteiger partial charge on any atom is -0.299 e. The molecule has 0 unspecified atom stereocenters. The monoisotopic (exact) mass is 219 g/mol. The maximum Gasteiger partial charge on any atom is 0.140 e. The zero-order valence-electron chi connectivity index (χ0n) is 8.17. The molecule has 5 heteroatoms. The number of rotatable bonds is 3. The first-order chi connectivity index (χ1) is 7.27. The van der Waals surface area contributed by atoms with Gasteiger partial charge in [0, 0.05) is 28.1 Å². The fraction of sp³-hybridized carbons (Fsp3) is 0.200. The van der Waals surface area contributed by atoms with Crippen LogP contribution in [0.4, 0.5) is 0 Å². The summed E-state index contributed by atoms with van der Waals surface area (Å²) in [6, 6.07) is 0. The van der Waals surface area contributed by atoms with Crippen LogP contribution in [0.5, 0.6) is 0 Å². The third-order valence-electron chi connectivity index (χ3n) is 1.86. The largest absolute Gasteiger partial charge is 0.299 e. The summed E-state index contributed by atoms with van der Waals surface area (Å²) in [5, 5.41) is 9.54. The second kappa shape index (κ2) is 4.35. The number of ketones is 1. The highest BCUT2D eigenvalue weighted by Crippen LogP contribution is 2.25. The van der Waals surface area contributed by atoms with E-state index in [1.165, 1.54) is 11.8 Å². The topological polar surface area (TPSA) is 55.7 Å². The summed E-state index contributed by atoms with van der Waals surface area (Å²) in [6.45, 7) is 1.57. The van der Waals surface area contributed by atoms with Crippen molar-refractivity contribution in [2.45, 2.75) is 11.8 Å². The minimum atomic E-state index is 0.152. The number of pyridine rings is 1. The van der Waals surface area contributed by atoms with Crippen LogP contribution in [0.2, 0.25) is 0 Å². The lowest BCUT2D eigenvalue weighted by molar-refractivity contribution is -0.114. The van der Waals surface area contributed by atoms with Crippen molar-refractivity contribution in [3.63, 3.8) is 0 Å². The first kappa shape index (κ1) is 10.0. The molecule has 2 heterocycles. The summed E-state index contributed by atoms with van der Waals surface area (Å²) in [4.78, 5) is 15.9. The number of carbonyl (C=O) groups is 1. The van der Waals surface area contributed by atoms with E-state index in [0.29, 0.717) is 5.75 Å². The molecule has 0 N–H and O–H groups in total. The molecule has 0 bridgehead atoms. The number of hydrogen-bond acceptors (Lipinski definition) is 5. The molecule has 0 amide bonds. The van der Waals surface area contributed by atoms with E-state index in [4.69, 9.17) is 0 Å². The standard InChI is InChI=1S/C10H9N3OS/c1-7(14)6-15-10-5-11-2-8-3-12-13-4-9(8)10/h2-5H,6H2,1H3. The first-order valence-corrected chi connectivity index (χ1v) is 5.42. The fourth-order valence-electron chi connectivity index (χ4n) is 1.19. The number of carbonyl (C=O) groups excluding carboxylic acids is 1. The number of fused-ring (bicyclic) bond motifs is 1. The van der Waals surface area contributed by atoms with Crippen molar-refractivity contribution in [1.29, 1.82) is 0 Å². The van der Waals surface area contributed by atoms with Gasteiger partial charge >= 0.3 is 0 Å². The third kappa shape index (κ3) is 2.30. The van der Waals surface area contributed by atoms with Gasteiger partial charge in [-0.15, -0.1) is 11.8 Å².